The molecular formula is C15H25N3. The van der Waals surface area contributed by atoms with Gasteiger partial charge in [0, 0.05) is 18.8 Å². The van der Waals surface area contributed by atoms with E-state index in [0.29, 0.717) is 12.0 Å². The van der Waals surface area contributed by atoms with Crippen molar-refractivity contribution in [2.24, 2.45) is 11.7 Å². The number of aromatic nitrogens is 1. The maximum absolute atomic E-state index is 5.95. The van der Waals surface area contributed by atoms with E-state index >= 15 is 0 Å². The summed E-state index contributed by atoms with van der Waals surface area (Å²) in [6.45, 7) is 1.75. The molecule has 1 heterocycles. The summed E-state index contributed by atoms with van der Waals surface area (Å²) in [6, 6.07) is 6.76. The lowest BCUT2D eigenvalue weighted by Crippen LogP contribution is -2.40. The molecule has 1 aliphatic rings. The first kappa shape index (κ1) is 13.5. The van der Waals surface area contributed by atoms with Gasteiger partial charge in [0.15, 0.2) is 0 Å². The summed E-state index contributed by atoms with van der Waals surface area (Å²) in [5.74, 6) is 0.654. The predicted molar refractivity (Wildman–Crippen MR) is 75.1 cm³/mol. The van der Waals surface area contributed by atoms with Gasteiger partial charge in [-0.2, -0.15) is 0 Å². The van der Waals surface area contributed by atoms with Gasteiger partial charge in [-0.05, 0) is 44.5 Å². The molecule has 3 heteroatoms. The molecule has 2 atom stereocenters. The molecule has 2 N–H and O–H groups in total. The molecule has 0 spiro atoms. The van der Waals surface area contributed by atoms with E-state index in [-0.39, 0.29) is 0 Å². The Balaban J connectivity index is 1.99. The topological polar surface area (TPSA) is 42.2 Å². The van der Waals surface area contributed by atoms with Crippen LogP contribution < -0.4 is 5.73 Å². The minimum Gasteiger partial charge on any atom is -0.330 e. The highest BCUT2D eigenvalue weighted by Crippen LogP contribution is 2.26. The molecule has 1 fully saturated rings. The van der Waals surface area contributed by atoms with Crippen LogP contribution in [0.1, 0.15) is 37.8 Å². The Morgan fingerprint density at radius 3 is 2.83 bits per heavy atom. The third-order valence-electron chi connectivity index (χ3n) is 4.13. The summed E-state index contributed by atoms with van der Waals surface area (Å²) in [4.78, 5) is 6.86. The molecule has 0 amide bonds. The lowest BCUT2D eigenvalue weighted by Gasteiger charge is -2.32. The third-order valence-corrected chi connectivity index (χ3v) is 4.13. The summed E-state index contributed by atoms with van der Waals surface area (Å²) in [5.41, 5.74) is 7.10. The molecule has 18 heavy (non-hydrogen) atoms. The quantitative estimate of drug-likeness (QED) is 0.831. The van der Waals surface area contributed by atoms with Crippen LogP contribution in [0, 0.1) is 5.92 Å². The number of nitrogens with zero attached hydrogens (tertiary/aromatic N) is 2. The van der Waals surface area contributed by atoms with Gasteiger partial charge in [0.1, 0.15) is 0 Å². The Kier molecular flexibility index (Phi) is 5.14. The average molecular weight is 247 g/mol. The molecule has 3 nitrogen and oxygen atoms in total. The molecule has 1 aromatic heterocycles. The van der Waals surface area contributed by atoms with E-state index in [2.05, 4.69) is 29.1 Å². The highest BCUT2D eigenvalue weighted by Gasteiger charge is 2.25. The number of pyridine rings is 1. The third kappa shape index (κ3) is 3.53. The van der Waals surface area contributed by atoms with Crippen LogP contribution in [0.4, 0.5) is 0 Å². The van der Waals surface area contributed by atoms with E-state index in [4.69, 9.17) is 5.73 Å². The van der Waals surface area contributed by atoms with Crippen molar-refractivity contribution in [1.29, 1.82) is 0 Å². The van der Waals surface area contributed by atoms with Gasteiger partial charge >= 0.3 is 0 Å². The van der Waals surface area contributed by atoms with Gasteiger partial charge in [-0.25, -0.2) is 0 Å². The van der Waals surface area contributed by atoms with Crippen molar-refractivity contribution in [3.8, 4) is 0 Å². The van der Waals surface area contributed by atoms with Gasteiger partial charge in [0.25, 0.3) is 0 Å². The Morgan fingerprint density at radius 1 is 1.28 bits per heavy atom. The van der Waals surface area contributed by atoms with E-state index in [1.54, 1.807) is 0 Å². The molecule has 0 bridgehead atoms. The molecule has 1 saturated carbocycles. The molecule has 0 aliphatic heterocycles. The summed E-state index contributed by atoms with van der Waals surface area (Å²) in [6.07, 6.45) is 8.49. The largest absolute Gasteiger partial charge is 0.330 e. The van der Waals surface area contributed by atoms with Crippen molar-refractivity contribution in [1.82, 2.24) is 9.88 Å². The maximum Gasteiger partial charge on any atom is 0.0543 e. The first-order valence-electron chi connectivity index (χ1n) is 7.11. The average Bonchev–Trinajstić information content (AvgIpc) is 2.64. The van der Waals surface area contributed by atoms with Crippen LogP contribution in [-0.2, 0) is 6.54 Å². The molecule has 1 aromatic rings. The van der Waals surface area contributed by atoms with Crippen molar-refractivity contribution in [2.45, 2.75) is 44.7 Å². The molecule has 2 rings (SSSR count). The van der Waals surface area contributed by atoms with E-state index < -0.39 is 0 Å². The summed E-state index contributed by atoms with van der Waals surface area (Å²) in [7, 11) is 2.22. The van der Waals surface area contributed by atoms with Crippen molar-refractivity contribution in [3.05, 3.63) is 30.1 Å². The van der Waals surface area contributed by atoms with E-state index in [0.717, 1.165) is 18.8 Å². The SMILES string of the molecule is CN(Cc1ccccn1)C1CCCCCC1CN. The molecule has 0 aromatic carbocycles. The second-order valence-electron chi connectivity index (χ2n) is 5.44. The van der Waals surface area contributed by atoms with Crippen LogP contribution in [0.25, 0.3) is 0 Å². The lowest BCUT2D eigenvalue weighted by atomic mass is 9.93. The van der Waals surface area contributed by atoms with Gasteiger partial charge < -0.3 is 5.73 Å². The fourth-order valence-electron chi connectivity index (χ4n) is 3.08. The molecule has 100 valence electrons. The van der Waals surface area contributed by atoms with Gasteiger partial charge in [-0.3, -0.25) is 9.88 Å². The minimum absolute atomic E-state index is 0.625. The van der Waals surface area contributed by atoms with Crippen molar-refractivity contribution < 1.29 is 0 Å². The standard InChI is InChI=1S/C15H25N3/c1-18(12-14-8-5-6-10-17-14)15-9-4-2-3-7-13(15)11-16/h5-6,8,10,13,15H,2-4,7,9,11-12,16H2,1H3. The molecule has 2 unspecified atom stereocenters. The van der Waals surface area contributed by atoms with Crippen LogP contribution in [0.2, 0.25) is 0 Å². The maximum atomic E-state index is 5.95. The van der Waals surface area contributed by atoms with Crippen LogP contribution >= 0.6 is 0 Å². The molecule has 0 saturated heterocycles. The highest BCUT2D eigenvalue weighted by atomic mass is 15.1. The zero-order valence-electron chi connectivity index (χ0n) is 11.4. The number of hydrogen-bond acceptors (Lipinski definition) is 3. The zero-order valence-corrected chi connectivity index (χ0v) is 11.4. The predicted octanol–water partition coefficient (Wildman–Crippen LogP) is 2.42. The monoisotopic (exact) mass is 247 g/mol. The van der Waals surface area contributed by atoms with Crippen LogP contribution in [-0.4, -0.2) is 29.5 Å². The second kappa shape index (κ2) is 6.86. The summed E-state index contributed by atoms with van der Waals surface area (Å²) >= 11 is 0. The molecule has 0 radical (unpaired) electrons. The fraction of sp³-hybridized carbons (Fsp3) is 0.667. The normalized spacial score (nSPS) is 25.1. The Hall–Kier alpha value is -0.930. The van der Waals surface area contributed by atoms with Crippen LogP contribution in [0.5, 0.6) is 0 Å². The Morgan fingerprint density at radius 2 is 2.11 bits per heavy atom. The number of hydrogen-bond donors (Lipinski definition) is 1. The lowest BCUT2D eigenvalue weighted by molar-refractivity contribution is 0.159. The van der Waals surface area contributed by atoms with Gasteiger partial charge in [-0.15, -0.1) is 0 Å². The number of rotatable bonds is 4. The van der Waals surface area contributed by atoms with Crippen LogP contribution in [0.15, 0.2) is 24.4 Å². The molecule has 1 aliphatic carbocycles. The van der Waals surface area contributed by atoms with Crippen molar-refractivity contribution in [3.63, 3.8) is 0 Å². The zero-order chi connectivity index (χ0) is 12.8. The van der Waals surface area contributed by atoms with E-state index in [1.165, 1.54) is 32.1 Å². The van der Waals surface area contributed by atoms with E-state index in [1.807, 2.05) is 12.3 Å². The van der Waals surface area contributed by atoms with Gasteiger partial charge in [-0.1, -0.05) is 25.3 Å². The van der Waals surface area contributed by atoms with E-state index in [9.17, 15) is 0 Å². The minimum atomic E-state index is 0.625. The van der Waals surface area contributed by atoms with Crippen LogP contribution in [0.3, 0.4) is 0 Å². The number of nitrogens with two attached hydrogens (primary N) is 1. The summed E-state index contributed by atoms with van der Waals surface area (Å²) < 4.78 is 0. The first-order chi connectivity index (χ1) is 8.81. The summed E-state index contributed by atoms with van der Waals surface area (Å²) in [5, 5.41) is 0. The first-order valence-corrected chi connectivity index (χ1v) is 7.11. The van der Waals surface area contributed by atoms with Crippen molar-refractivity contribution in [2.75, 3.05) is 13.6 Å². The smallest absolute Gasteiger partial charge is 0.0543 e. The Bertz CT molecular complexity index is 339. The highest BCUT2D eigenvalue weighted by molar-refractivity contribution is 5.03. The molecular weight excluding hydrogens is 222 g/mol. The fourth-order valence-corrected chi connectivity index (χ4v) is 3.08. The van der Waals surface area contributed by atoms with Crippen molar-refractivity contribution >= 4 is 0 Å². The van der Waals surface area contributed by atoms with Gasteiger partial charge in [0.05, 0.1) is 5.69 Å². The Labute approximate surface area is 110 Å². The second-order valence-corrected chi connectivity index (χ2v) is 5.44. The van der Waals surface area contributed by atoms with Gasteiger partial charge in [0.2, 0.25) is 0 Å².